The third-order valence-corrected chi connectivity index (χ3v) is 10.4. The summed E-state index contributed by atoms with van der Waals surface area (Å²) in [4.78, 5) is 35.0. The van der Waals surface area contributed by atoms with Gasteiger partial charge in [-0.25, -0.2) is 0 Å². The van der Waals surface area contributed by atoms with Gasteiger partial charge in [0, 0.05) is 12.3 Å². The molecule has 0 saturated carbocycles. The summed E-state index contributed by atoms with van der Waals surface area (Å²) < 4.78 is 21.3. The van der Waals surface area contributed by atoms with Gasteiger partial charge in [0.25, 0.3) is 0 Å². The van der Waals surface area contributed by atoms with Crippen molar-refractivity contribution in [3.8, 4) is 0 Å². The van der Waals surface area contributed by atoms with Crippen molar-refractivity contribution in [2.75, 3.05) is 12.3 Å². The van der Waals surface area contributed by atoms with Crippen LogP contribution < -0.4 is 0 Å². The lowest BCUT2D eigenvalue weighted by Crippen LogP contribution is -1.88. The van der Waals surface area contributed by atoms with E-state index in [0.29, 0.717) is 12.8 Å². The highest BCUT2D eigenvalue weighted by Gasteiger charge is 2.11. The van der Waals surface area contributed by atoms with Crippen LogP contribution in [0.25, 0.3) is 0 Å². The van der Waals surface area contributed by atoms with E-state index >= 15 is 0 Å². The topological polar surface area (TPSA) is 115 Å². The van der Waals surface area contributed by atoms with Gasteiger partial charge < -0.3 is 19.6 Å². The Hall–Kier alpha value is 0.300. The van der Waals surface area contributed by atoms with Crippen molar-refractivity contribution in [1.29, 1.82) is 0 Å². The number of rotatable bonds is 34. The normalized spacial score (nSPS) is 12.0. The second-order valence-electron chi connectivity index (χ2n) is 13.4. The molecule has 0 rings (SSSR count). The van der Waals surface area contributed by atoms with E-state index in [1.165, 1.54) is 167 Å². The van der Waals surface area contributed by atoms with E-state index in [1.54, 1.807) is 0 Å². The fourth-order valence-electron chi connectivity index (χ4n) is 5.73. The third-order valence-electron chi connectivity index (χ3n) is 8.61. The van der Waals surface area contributed by atoms with Crippen LogP contribution in [-0.2, 0) is 9.13 Å². The first-order valence-electron chi connectivity index (χ1n) is 19.2. The molecule has 0 heterocycles. The quantitative estimate of drug-likeness (QED) is 0.0401. The summed E-state index contributed by atoms with van der Waals surface area (Å²) in [5.41, 5.74) is 0. The summed E-state index contributed by atoms with van der Waals surface area (Å²) >= 11 is 0. The molecule has 0 saturated heterocycles. The first-order valence-corrected chi connectivity index (χ1v) is 22.8. The first-order chi connectivity index (χ1) is 21.1. The van der Waals surface area contributed by atoms with Crippen LogP contribution in [0.3, 0.4) is 0 Å². The van der Waals surface area contributed by atoms with E-state index in [0.717, 1.165) is 25.7 Å². The van der Waals surface area contributed by atoms with Crippen LogP contribution in [0, 0.1) is 0 Å². The van der Waals surface area contributed by atoms with Crippen LogP contribution in [0.4, 0.5) is 0 Å². The van der Waals surface area contributed by atoms with Crippen molar-refractivity contribution in [1.82, 2.24) is 0 Å². The van der Waals surface area contributed by atoms with Gasteiger partial charge in [-0.15, -0.1) is 0 Å². The summed E-state index contributed by atoms with van der Waals surface area (Å²) in [5, 5.41) is 0. The largest absolute Gasteiger partial charge is 0.325 e. The molecule has 0 bridgehead atoms. The summed E-state index contributed by atoms with van der Waals surface area (Å²) in [7, 11) is -7.51. The lowest BCUT2D eigenvalue weighted by molar-refractivity contribution is 0.368. The highest BCUT2D eigenvalue weighted by molar-refractivity contribution is 7.52. The molecule has 0 aromatic carbocycles. The summed E-state index contributed by atoms with van der Waals surface area (Å²) in [5.74, 6) is 0. The van der Waals surface area contributed by atoms with Crippen LogP contribution in [0.1, 0.15) is 219 Å². The van der Waals surface area contributed by atoms with Gasteiger partial charge in [-0.1, -0.05) is 206 Å². The first kappa shape index (κ1) is 46.4. The Morgan fingerprint density at radius 1 is 0.273 bits per heavy atom. The van der Waals surface area contributed by atoms with Crippen LogP contribution in [0.2, 0.25) is 0 Å². The highest BCUT2D eigenvalue weighted by Crippen LogP contribution is 2.36. The lowest BCUT2D eigenvalue weighted by atomic mass is 10.0. The van der Waals surface area contributed by atoms with Crippen LogP contribution in [0.15, 0.2) is 0 Å². The van der Waals surface area contributed by atoms with Gasteiger partial charge >= 0.3 is 15.2 Å². The van der Waals surface area contributed by atoms with Crippen LogP contribution in [0.5, 0.6) is 0 Å². The van der Waals surface area contributed by atoms with Crippen molar-refractivity contribution in [2.24, 2.45) is 0 Å². The van der Waals surface area contributed by atoms with Crippen molar-refractivity contribution in [3.05, 3.63) is 0 Å². The van der Waals surface area contributed by atoms with Gasteiger partial charge in [-0.3, -0.25) is 9.13 Å². The van der Waals surface area contributed by atoms with Gasteiger partial charge in [0.05, 0.1) is 0 Å². The molecule has 0 aliphatic heterocycles. The van der Waals surface area contributed by atoms with Crippen molar-refractivity contribution < 1.29 is 28.7 Å². The zero-order valence-electron chi connectivity index (χ0n) is 29.5. The molecule has 6 nitrogen and oxygen atoms in total. The van der Waals surface area contributed by atoms with Crippen LogP contribution in [-0.4, -0.2) is 31.9 Å². The van der Waals surface area contributed by atoms with Crippen molar-refractivity contribution in [3.63, 3.8) is 0 Å². The fourth-order valence-corrected chi connectivity index (χ4v) is 7.00. The van der Waals surface area contributed by atoms with Gasteiger partial charge in [0.15, 0.2) is 0 Å². The maximum atomic E-state index is 10.7. The molecular formula is C36H78O6P2. The second kappa shape index (κ2) is 36.1. The Kier molecular flexibility index (Phi) is 38.1. The van der Waals surface area contributed by atoms with Crippen LogP contribution >= 0.6 is 15.2 Å². The van der Waals surface area contributed by atoms with E-state index in [9.17, 15) is 9.13 Å². The highest BCUT2D eigenvalue weighted by atomic mass is 31.2. The van der Waals surface area contributed by atoms with Gasteiger partial charge in [-0.05, 0) is 12.8 Å². The monoisotopic (exact) mass is 669 g/mol. The third kappa shape index (κ3) is 49.2. The minimum absolute atomic E-state index is 0.0610. The predicted molar refractivity (Wildman–Crippen MR) is 193 cm³/mol. The Morgan fingerprint density at radius 3 is 0.545 bits per heavy atom. The SMILES string of the molecule is CCCCCCCCCCCCCCCCCCP(=O)(O)O.CCCCCCCCCCCCCCCCCCP(=O)(O)O. The molecule has 0 atom stereocenters. The Morgan fingerprint density at radius 2 is 0.409 bits per heavy atom. The van der Waals surface area contributed by atoms with Gasteiger partial charge in [0.2, 0.25) is 0 Å². The molecule has 268 valence electrons. The molecule has 0 spiro atoms. The molecule has 44 heavy (non-hydrogen) atoms. The number of hydrogen-bond donors (Lipinski definition) is 4. The van der Waals surface area contributed by atoms with E-state index in [2.05, 4.69) is 13.8 Å². The minimum atomic E-state index is -3.75. The zero-order chi connectivity index (χ0) is 33.0. The Labute approximate surface area is 275 Å². The molecule has 0 unspecified atom stereocenters. The van der Waals surface area contributed by atoms with Crippen molar-refractivity contribution >= 4 is 15.2 Å². The molecule has 0 aliphatic rings. The minimum Gasteiger partial charge on any atom is -0.324 e. The number of unbranched alkanes of at least 4 members (excludes halogenated alkanes) is 30. The molecule has 0 fully saturated rings. The van der Waals surface area contributed by atoms with Gasteiger partial charge in [0.1, 0.15) is 0 Å². The standard InChI is InChI=1S/2C18H39O3P/c2*1-2-3-4-5-6-7-8-9-10-11-12-13-14-15-16-17-18-22(19,20)21/h2*2-18H2,1H3,(H2,19,20,21). The van der Waals surface area contributed by atoms with E-state index in [4.69, 9.17) is 19.6 Å². The maximum absolute atomic E-state index is 10.7. The molecule has 8 heteroatoms. The van der Waals surface area contributed by atoms with Crippen molar-refractivity contribution in [2.45, 2.75) is 219 Å². The molecule has 4 N–H and O–H groups in total. The molecule has 0 aromatic rings. The predicted octanol–water partition coefficient (Wildman–Crippen LogP) is 12.9. The average Bonchev–Trinajstić information content (AvgIpc) is 2.96. The Balaban J connectivity index is 0. The summed E-state index contributed by atoms with van der Waals surface area (Å²) in [6, 6.07) is 0. The summed E-state index contributed by atoms with van der Waals surface area (Å²) in [6.07, 6.45) is 41.3. The molecule has 0 aromatic heterocycles. The summed E-state index contributed by atoms with van der Waals surface area (Å²) in [6.45, 7) is 4.53. The Bertz CT molecular complexity index is 580. The molecule has 0 aliphatic carbocycles. The smallest absolute Gasteiger partial charge is 0.324 e. The average molecular weight is 669 g/mol. The molecule has 0 radical (unpaired) electrons. The van der Waals surface area contributed by atoms with Gasteiger partial charge in [-0.2, -0.15) is 0 Å². The van der Waals surface area contributed by atoms with E-state index in [-0.39, 0.29) is 12.3 Å². The molecular weight excluding hydrogens is 590 g/mol. The molecule has 0 amide bonds. The number of hydrogen-bond acceptors (Lipinski definition) is 2. The second-order valence-corrected chi connectivity index (χ2v) is 16.9. The lowest BCUT2D eigenvalue weighted by Gasteiger charge is -2.04. The van der Waals surface area contributed by atoms with E-state index < -0.39 is 15.2 Å². The maximum Gasteiger partial charge on any atom is 0.325 e. The van der Waals surface area contributed by atoms with E-state index in [1.807, 2.05) is 0 Å². The fraction of sp³-hybridized carbons (Fsp3) is 1.00. The zero-order valence-corrected chi connectivity index (χ0v) is 31.3.